The summed E-state index contributed by atoms with van der Waals surface area (Å²) in [6.45, 7) is 9.81. The van der Waals surface area contributed by atoms with Gasteiger partial charge in [0, 0.05) is 20.3 Å². The normalized spacial score (nSPS) is 11.2. The van der Waals surface area contributed by atoms with E-state index in [1.807, 2.05) is 0 Å². The zero-order valence-electron chi connectivity index (χ0n) is 7.81. The summed E-state index contributed by atoms with van der Waals surface area (Å²) in [4.78, 5) is 0. The minimum Gasteiger partial charge on any atom is -0.391 e. The van der Waals surface area contributed by atoms with Crippen molar-refractivity contribution < 1.29 is 4.74 Å². The third-order valence-electron chi connectivity index (χ3n) is 1.71. The Morgan fingerprint density at radius 1 is 1.55 bits per heavy atom. The minimum absolute atomic E-state index is 0.296. The molecule has 0 fully saturated rings. The van der Waals surface area contributed by atoms with Gasteiger partial charge in [0.2, 0.25) is 0 Å². The molecule has 1 N–H and O–H groups in total. The van der Waals surface area contributed by atoms with Crippen molar-refractivity contribution in [1.29, 1.82) is 0 Å². The number of rotatable bonds is 6. The third kappa shape index (κ3) is 5.92. The van der Waals surface area contributed by atoms with Gasteiger partial charge in [0.15, 0.2) is 0 Å². The van der Waals surface area contributed by atoms with Crippen molar-refractivity contribution in [3.63, 3.8) is 0 Å². The maximum atomic E-state index is 5.00. The summed E-state index contributed by atoms with van der Waals surface area (Å²) in [5.74, 6) is 0. The van der Waals surface area contributed by atoms with E-state index in [9.17, 15) is 0 Å². The highest BCUT2D eigenvalue weighted by Gasteiger charge is 2.15. The van der Waals surface area contributed by atoms with Crippen LogP contribution in [0.25, 0.3) is 0 Å². The van der Waals surface area contributed by atoms with Crippen LogP contribution in [0.5, 0.6) is 0 Å². The molecule has 11 heavy (non-hydrogen) atoms. The Hall–Kier alpha value is -0.500. The second-order valence-corrected chi connectivity index (χ2v) is 3.49. The summed E-state index contributed by atoms with van der Waals surface area (Å²) in [6.07, 6.45) is 2.80. The number of ether oxygens (including phenoxy) is 1. The average molecular weight is 157 g/mol. The van der Waals surface area contributed by atoms with Gasteiger partial charge in [-0.05, 0) is 18.0 Å². The molecule has 0 atom stereocenters. The van der Waals surface area contributed by atoms with Crippen molar-refractivity contribution in [3.05, 3.63) is 12.8 Å². The standard InChI is InChI=1S/C9H19NO/c1-5-10-8-9(2,3)6-7-11-4/h5,10H,1,6-8H2,2-4H3. The Morgan fingerprint density at radius 3 is 2.64 bits per heavy atom. The first-order valence-corrected chi connectivity index (χ1v) is 3.95. The van der Waals surface area contributed by atoms with Crippen LogP contribution >= 0.6 is 0 Å². The lowest BCUT2D eigenvalue weighted by atomic mass is 9.90. The summed E-state index contributed by atoms with van der Waals surface area (Å²) < 4.78 is 5.00. The molecule has 0 heterocycles. The molecule has 0 saturated heterocycles. The second-order valence-electron chi connectivity index (χ2n) is 3.49. The van der Waals surface area contributed by atoms with E-state index in [0.29, 0.717) is 5.41 Å². The fourth-order valence-electron chi connectivity index (χ4n) is 0.815. The lowest BCUT2D eigenvalue weighted by molar-refractivity contribution is 0.152. The van der Waals surface area contributed by atoms with Gasteiger partial charge in [0.25, 0.3) is 0 Å². The first kappa shape index (κ1) is 10.5. The van der Waals surface area contributed by atoms with Gasteiger partial charge in [-0.15, -0.1) is 0 Å². The predicted octanol–water partition coefficient (Wildman–Crippen LogP) is 1.78. The molecule has 2 heteroatoms. The van der Waals surface area contributed by atoms with Crippen LogP contribution in [0.4, 0.5) is 0 Å². The average Bonchev–Trinajstić information content (AvgIpc) is 1.97. The van der Waals surface area contributed by atoms with E-state index in [-0.39, 0.29) is 0 Å². The molecule has 0 amide bonds. The molecule has 0 rings (SSSR count). The van der Waals surface area contributed by atoms with Crippen LogP contribution in [-0.4, -0.2) is 20.3 Å². The SMILES string of the molecule is C=CNCC(C)(C)CCOC. The Morgan fingerprint density at radius 2 is 2.18 bits per heavy atom. The van der Waals surface area contributed by atoms with E-state index >= 15 is 0 Å². The molecular weight excluding hydrogens is 138 g/mol. The largest absolute Gasteiger partial charge is 0.391 e. The number of hydrogen-bond donors (Lipinski definition) is 1. The van der Waals surface area contributed by atoms with Crippen LogP contribution in [0, 0.1) is 5.41 Å². The predicted molar refractivity (Wildman–Crippen MR) is 48.5 cm³/mol. The van der Waals surface area contributed by atoms with Crippen LogP contribution in [0.1, 0.15) is 20.3 Å². The molecule has 0 spiro atoms. The van der Waals surface area contributed by atoms with Gasteiger partial charge in [0.05, 0.1) is 0 Å². The monoisotopic (exact) mass is 157 g/mol. The van der Waals surface area contributed by atoms with Crippen LogP contribution in [0.2, 0.25) is 0 Å². The first-order valence-electron chi connectivity index (χ1n) is 3.95. The lowest BCUT2D eigenvalue weighted by Crippen LogP contribution is -2.27. The third-order valence-corrected chi connectivity index (χ3v) is 1.71. The van der Waals surface area contributed by atoms with E-state index < -0.39 is 0 Å². The van der Waals surface area contributed by atoms with E-state index in [1.54, 1.807) is 13.3 Å². The number of hydrogen-bond acceptors (Lipinski definition) is 2. The van der Waals surface area contributed by atoms with Gasteiger partial charge in [-0.2, -0.15) is 0 Å². The summed E-state index contributed by atoms with van der Waals surface area (Å²) in [6, 6.07) is 0. The maximum Gasteiger partial charge on any atom is 0.0468 e. The molecule has 0 aromatic carbocycles. The van der Waals surface area contributed by atoms with Gasteiger partial charge >= 0.3 is 0 Å². The molecule has 0 bridgehead atoms. The van der Waals surface area contributed by atoms with Gasteiger partial charge in [-0.3, -0.25) is 0 Å². The minimum atomic E-state index is 0.296. The Bertz CT molecular complexity index is 110. The number of nitrogens with one attached hydrogen (secondary N) is 1. The quantitative estimate of drug-likeness (QED) is 0.634. The molecule has 0 aromatic rings. The maximum absolute atomic E-state index is 5.00. The van der Waals surface area contributed by atoms with E-state index in [4.69, 9.17) is 4.74 Å². The van der Waals surface area contributed by atoms with Crippen LogP contribution < -0.4 is 5.32 Å². The Labute approximate surface area is 69.6 Å². The summed E-state index contributed by atoms with van der Waals surface area (Å²) in [5, 5.41) is 3.11. The second kappa shape index (κ2) is 5.19. The number of methoxy groups -OCH3 is 1. The fourth-order valence-corrected chi connectivity index (χ4v) is 0.815. The van der Waals surface area contributed by atoms with E-state index in [2.05, 4.69) is 25.7 Å². The first-order chi connectivity index (χ1) is 5.12. The van der Waals surface area contributed by atoms with Crippen LogP contribution in [-0.2, 0) is 4.74 Å². The fraction of sp³-hybridized carbons (Fsp3) is 0.778. The van der Waals surface area contributed by atoms with Crippen molar-refractivity contribution in [2.45, 2.75) is 20.3 Å². The highest BCUT2D eigenvalue weighted by atomic mass is 16.5. The molecule has 0 saturated carbocycles. The van der Waals surface area contributed by atoms with Crippen molar-refractivity contribution in [1.82, 2.24) is 5.32 Å². The van der Waals surface area contributed by atoms with Gasteiger partial charge in [0.1, 0.15) is 0 Å². The molecule has 0 aliphatic heterocycles. The molecule has 66 valence electrons. The molecule has 0 radical (unpaired) electrons. The molecular formula is C9H19NO. The highest BCUT2D eigenvalue weighted by Crippen LogP contribution is 2.18. The van der Waals surface area contributed by atoms with Crippen molar-refractivity contribution in [3.8, 4) is 0 Å². The van der Waals surface area contributed by atoms with Gasteiger partial charge < -0.3 is 10.1 Å². The van der Waals surface area contributed by atoms with Gasteiger partial charge in [-0.1, -0.05) is 20.4 Å². The van der Waals surface area contributed by atoms with Crippen LogP contribution in [0.15, 0.2) is 12.8 Å². The molecule has 0 aliphatic carbocycles. The zero-order valence-corrected chi connectivity index (χ0v) is 7.81. The molecule has 0 aromatic heterocycles. The Kier molecular flexibility index (Phi) is 4.95. The summed E-state index contributed by atoms with van der Waals surface area (Å²) >= 11 is 0. The molecule has 2 nitrogen and oxygen atoms in total. The van der Waals surface area contributed by atoms with Gasteiger partial charge in [-0.25, -0.2) is 0 Å². The van der Waals surface area contributed by atoms with Crippen LogP contribution in [0.3, 0.4) is 0 Å². The highest BCUT2D eigenvalue weighted by molar-refractivity contribution is 4.75. The topological polar surface area (TPSA) is 21.3 Å². The van der Waals surface area contributed by atoms with Crippen molar-refractivity contribution >= 4 is 0 Å². The van der Waals surface area contributed by atoms with Crippen molar-refractivity contribution in [2.75, 3.05) is 20.3 Å². The zero-order chi connectivity index (χ0) is 8.74. The Balaban J connectivity index is 3.51. The van der Waals surface area contributed by atoms with E-state index in [1.165, 1.54) is 0 Å². The molecule has 0 unspecified atom stereocenters. The smallest absolute Gasteiger partial charge is 0.0468 e. The lowest BCUT2D eigenvalue weighted by Gasteiger charge is -2.23. The summed E-state index contributed by atoms with van der Waals surface area (Å²) in [5.41, 5.74) is 0.296. The molecule has 0 aliphatic rings. The summed E-state index contributed by atoms with van der Waals surface area (Å²) in [7, 11) is 1.73. The van der Waals surface area contributed by atoms with E-state index in [0.717, 1.165) is 19.6 Å². The van der Waals surface area contributed by atoms with Crippen molar-refractivity contribution in [2.24, 2.45) is 5.41 Å².